The van der Waals surface area contributed by atoms with Crippen LogP contribution < -0.4 is 5.73 Å². The van der Waals surface area contributed by atoms with Gasteiger partial charge in [0.1, 0.15) is 0 Å². The minimum Gasteiger partial charge on any atom is -0.380 e. The molecule has 0 aromatic heterocycles. The molecule has 1 saturated carbocycles. The first kappa shape index (κ1) is 11.4. The summed E-state index contributed by atoms with van der Waals surface area (Å²) in [7, 11) is 1.83. The van der Waals surface area contributed by atoms with Gasteiger partial charge in [-0.05, 0) is 38.1 Å². The lowest BCUT2D eigenvalue weighted by molar-refractivity contribution is 0.0254. The van der Waals surface area contributed by atoms with E-state index in [-0.39, 0.29) is 0 Å². The summed E-state index contributed by atoms with van der Waals surface area (Å²) in [6.45, 7) is 3.55. The van der Waals surface area contributed by atoms with E-state index in [1.807, 2.05) is 7.11 Å². The highest BCUT2D eigenvalue weighted by molar-refractivity contribution is 4.84. The molecule has 0 aromatic carbocycles. The van der Waals surface area contributed by atoms with Crippen molar-refractivity contribution in [1.82, 2.24) is 4.90 Å². The summed E-state index contributed by atoms with van der Waals surface area (Å²) in [6.07, 6.45) is 6.84. The van der Waals surface area contributed by atoms with E-state index in [9.17, 15) is 0 Å². The predicted octanol–water partition coefficient (Wildman–Crippen LogP) is 1.22. The van der Waals surface area contributed by atoms with Crippen LogP contribution in [0.3, 0.4) is 0 Å². The summed E-state index contributed by atoms with van der Waals surface area (Å²) in [5, 5.41) is 0. The number of nitrogens with two attached hydrogens (primary N) is 1. The van der Waals surface area contributed by atoms with E-state index in [4.69, 9.17) is 10.5 Å². The van der Waals surface area contributed by atoms with Crippen LogP contribution in [-0.4, -0.2) is 43.8 Å². The third-order valence-electron chi connectivity index (χ3n) is 4.01. The molecule has 15 heavy (non-hydrogen) atoms. The smallest absolute Gasteiger partial charge is 0.0698 e. The highest BCUT2D eigenvalue weighted by atomic mass is 16.5. The van der Waals surface area contributed by atoms with Crippen molar-refractivity contribution in [3.63, 3.8) is 0 Å². The summed E-state index contributed by atoms with van der Waals surface area (Å²) in [4.78, 5) is 2.55. The van der Waals surface area contributed by atoms with Gasteiger partial charge in [-0.2, -0.15) is 0 Å². The second kappa shape index (κ2) is 5.28. The SMILES string of the molecule is COC1CCCN(CC2CCCC2N)C1. The van der Waals surface area contributed by atoms with E-state index in [1.165, 1.54) is 45.2 Å². The van der Waals surface area contributed by atoms with Crippen molar-refractivity contribution in [3.8, 4) is 0 Å². The highest BCUT2D eigenvalue weighted by Crippen LogP contribution is 2.26. The molecule has 1 heterocycles. The van der Waals surface area contributed by atoms with Gasteiger partial charge in [0.15, 0.2) is 0 Å². The molecule has 1 aliphatic heterocycles. The number of piperidine rings is 1. The second-order valence-corrected chi connectivity index (χ2v) is 5.11. The van der Waals surface area contributed by atoms with Crippen LogP contribution in [0.5, 0.6) is 0 Å². The third kappa shape index (κ3) is 2.92. The van der Waals surface area contributed by atoms with E-state index >= 15 is 0 Å². The lowest BCUT2D eigenvalue weighted by atomic mass is 10.0. The zero-order chi connectivity index (χ0) is 10.7. The first-order chi connectivity index (χ1) is 7.29. The standard InChI is InChI=1S/C12H24N2O/c1-15-11-5-3-7-14(9-11)8-10-4-2-6-12(10)13/h10-12H,2-9,13H2,1H3. The van der Waals surface area contributed by atoms with Crippen LogP contribution in [0.25, 0.3) is 0 Å². The van der Waals surface area contributed by atoms with Gasteiger partial charge < -0.3 is 15.4 Å². The molecular formula is C12H24N2O. The molecule has 3 nitrogen and oxygen atoms in total. The zero-order valence-electron chi connectivity index (χ0n) is 9.82. The number of hydrogen-bond donors (Lipinski definition) is 1. The largest absolute Gasteiger partial charge is 0.380 e. The molecule has 0 aromatic rings. The lowest BCUT2D eigenvalue weighted by Gasteiger charge is -2.34. The summed E-state index contributed by atoms with van der Waals surface area (Å²) < 4.78 is 5.44. The van der Waals surface area contributed by atoms with Gasteiger partial charge in [0.25, 0.3) is 0 Å². The van der Waals surface area contributed by atoms with Crippen LogP contribution in [0.4, 0.5) is 0 Å². The molecule has 2 N–H and O–H groups in total. The Morgan fingerprint density at radius 3 is 2.80 bits per heavy atom. The Morgan fingerprint density at radius 1 is 1.27 bits per heavy atom. The van der Waals surface area contributed by atoms with E-state index in [1.54, 1.807) is 0 Å². The predicted molar refractivity (Wildman–Crippen MR) is 61.8 cm³/mol. The molecular weight excluding hydrogens is 188 g/mol. The maximum Gasteiger partial charge on any atom is 0.0698 e. The topological polar surface area (TPSA) is 38.5 Å². The summed E-state index contributed by atoms with van der Waals surface area (Å²) in [5.41, 5.74) is 6.11. The Kier molecular flexibility index (Phi) is 4.00. The summed E-state index contributed by atoms with van der Waals surface area (Å²) >= 11 is 0. The van der Waals surface area contributed by atoms with Gasteiger partial charge in [-0.25, -0.2) is 0 Å². The lowest BCUT2D eigenvalue weighted by Crippen LogP contribution is -2.43. The fraction of sp³-hybridized carbons (Fsp3) is 1.00. The second-order valence-electron chi connectivity index (χ2n) is 5.11. The molecule has 3 unspecified atom stereocenters. The van der Waals surface area contributed by atoms with Crippen molar-refractivity contribution < 1.29 is 4.74 Å². The van der Waals surface area contributed by atoms with Gasteiger partial charge in [-0.1, -0.05) is 6.42 Å². The number of hydrogen-bond acceptors (Lipinski definition) is 3. The third-order valence-corrected chi connectivity index (χ3v) is 4.01. The maximum absolute atomic E-state index is 6.11. The average molecular weight is 212 g/mol. The number of ether oxygens (including phenoxy) is 1. The van der Waals surface area contributed by atoms with E-state index in [2.05, 4.69) is 4.90 Å². The number of nitrogens with zero attached hydrogens (tertiary/aromatic N) is 1. The minimum absolute atomic E-state index is 0.452. The summed E-state index contributed by atoms with van der Waals surface area (Å²) in [5.74, 6) is 0.737. The van der Waals surface area contributed by atoms with Crippen molar-refractivity contribution in [3.05, 3.63) is 0 Å². The minimum atomic E-state index is 0.452. The van der Waals surface area contributed by atoms with E-state index in [0.29, 0.717) is 12.1 Å². The molecule has 2 fully saturated rings. The van der Waals surface area contributed by atoms with Crippen LogP contribution >= 0.6 is 0 Å². The number of likely N-dealkylation sites (tertiary alicyclic amines) is 1. The van der Waals surface area contributed by atoms with Crippen LogP contribution in [0.2, 0.25) is 0 Å². The Morgan fingerprint density at radius 2 is 2.13 bits per heavy atom. The molecule has 0 bridgehead atoms. The molecule has 3 heteroatoms. The van der Waals surface area contributed by atoms with Crippen molar-refractivity contribution in [2.75, 3.05) is 26.7 Å². The maximum atomic E-state index is 6.11. The highest BCUT2D eigenvalue weighted by Gasteiger charge is 2.28. The Balaban J connectivity index is 1.78. The first-order valence-corrected chi connectivity index (χ1v) is 6.30. The first-order valence-electron chi connectivity index (χ1n) is 6.30. The Labute approximate surface area is 93.0 Å². The van der Waals surface area contributed by atoms with E-state index in [0.717, 1.165) is 12.5 Å². The molecule has 0 radical (unpaired) electrons. The molecule has 2 rings (SSSR count). The normalized spacial score (nSPS) is 38.4. The zero-order valence-corrected chi connectivity index (χ0v) is 9.82. The molecule has 0 amide bonds. The molecule has 2 aliphatic rings. The number of rotatable bonds is 3. The number of methoxy groups -OCH3 is 1. The molecule has 1 saturated heterocycles. The van der Waals surface area contributed by atoms with Crippen molar-refractivity contribution in [2.24, 2.45) is 11.7 Å². The quantitative estimate of drug-likeness (QED) is 0.764. The van der Waals surface area contributed by atoms with Crippen LogP contribution in [0, 0.1) is 5.92 Å². The van der Waals surface area contributed by atoms with Crippen molar-refractivity contribution >= 4 is 0 Å². The van der Waals surface area contributed by atoms with Crippen LogP contribution in [0.15, 0.2) is 0 Å². The Hall–Kier alpha value is -0.120. The Bertz CT molecular complexity index is 198. The fourth-order valence-corrected chi connectivity index (χ4v) is 3.00. The molecule has 3 atom stereocenters. The van der Waals surface area contributed by atoms with Gasteiger partial charge >= 0.3 is 0 Å². The van der Waals surface area contributed by atoms with Gasteiger partial charge in [0.05, 0.1) is 6.10 Å². The molecule has 1 aliphatic carbocycles. The average Bonchev–Trinajstić information content (AvgIpc) is 2.65. The van der Waals surface area contributed by atoms with Crippen molar-refractivity contribution in [1.29, 1.82) is 0 Å². The monoisotopic (exact) mass is 212 g/mol. The van der Waals surface area contributed by atoms with E-state index < -0.39 is 0 Å². The summed E-state index contributed by atoms with van der Waals surface area (Å²) in [6, 6.07) is 0.452. The fourth-order valence-electron chi connectivity index (χ4n) is 3.00. The van der Waals surface area contributed by atoms with Gasteiger partial charge in [-0.3, -0.25) is 0 Å². The van der Waals surface area contributed by atoms with Crippen molar-refractivity contribution in [2.45, 2.75) is 44.2 Å². The van der Waals surface area contributed by atoms with Crippen LogP contribution in [-0.2, 0) is 4.74 Å². The van der Waals surface area contributed by atoms with Gasteiger partial charge in [-0.15, -0.1) is 0 Å². The van der Waals surface area contributed by atoms with Gasteiger partial charge in [0, 0.05) is 26.2 Å². The molecule has 88 valence electrons. The van der Waals surface area contributed by atoms with Crippen LogP contribution in [0.1, 0.15) is 32.1 Å². The van der Waals surface area contributed by atoms with Gasteiger partial charge in [0.2, 0.25) is 0 Å². The molecule has 0 spiro atoms.